The summed E-state index contributed by atoms with van der Waals surface area (Å²) in [6.45, 7) is 9.75. The zero-order valence-electron chi connectivity index (χ0n) is 12.6. The van der Waals surface area contributed by atoms with Gasteiger partial charge in [-0.25, -0.2) is 4.39 Å². The predicted octanol–water partition coefficient (Wildman–Crippen LogP) is 2.45. The van der Waals surface area contributed by atoms with Crippen LogP contribution in [0.5, 0.6) is 0 Å². The van der Waals surface area contributed by atoms with Crippen LogP contribution in [0.25, 0.3) is 0 Å². The van der Waals surface area contributed by atoms with Gasteiger partial charge in [0.05, 0.1) is 6.04 Å². The molecular formula is C16H26FN3. The summed E-state index contributed by atoms with van der Waals surface area (Å²) >= 11 is 0. The predicted molar refractivity (Wildman–Crippen MR) is 83.2 cm³/mol. The van der Waals surface area contributed by atoms with Gasteiger partial charge in [-0.1, -0.05) is 12.1 Å². The van der Waals surface area contributed by atoms with E-state index in [1.54, 1.807) is 0 Å². The Morgan fingerprint density at radius 1 is 1.15 bits per heavy atom. The Kier molecular flexibility index (Phi) is 5.80. The minimum atomic E-state index is -0.315. The number of piperazine rings is 1. The first kappa shape index (κ1) is 15.3. The fourth-order valence-corrected chi connectivity index (χ4v) is 2.89. The first-order valence-corrected chi connectivity index (χ1v) is 7.65. The SMILES string of the molecule is CCN(CC)c1ccc([C@@H](CF)N2CCNCC2)cc1. The molecule has 0 bridgehead atoms. The van der Waals surface area contributed by atoms with Crippen molar-refractivity contribution in [2.45, 2.75) is 19.9 Å². The molecule has 1 aliphatic rings. The third-order valence-electron chi connectivity index (χ3n) is 4.14. The molecule has 4 heteroatoms. The van der Waals surface area contributed by atoms with Gasteiger partial charge >= 0.3 is 0 Å². The van der Waals surface area contributed by atoms with E-state index >= 15 is 0 Å². The molecule has 20 heavy (non-hydrogen) atoms. The minimum Gasteiger partial charge on any atom is -0.372 e. The van der Waals surface area contributed by atoms with Gasteiger partial charge in [-0.15, -0.1) is 0 Å². The summed E-state index contributed by atoms with van der Waals surface area (Å²) in [6, 6.07) is 8.31. The number of rotatable bonds is 6. The van der Waals surface area contributed by atoms with Crippen LogP contribution in [0.1, 0.15) is 25.5 Å². The molecular weight excluding hydrogens is 253 g/mol. The zero-order valence-corrected chi connectivity index (χ0v) is 12.6. The van der Waals surface area contributed by atoms with Crippen molar-refractivity contribution in [1.82, 2.24) is 10.2 Å². The first-order chi connectivity index (χ1) is 9.80. The highest BCUT2D eigenvalue weighted by molar-refractivity contribution is 5.47. The molecule has 1 heterocycles. The molecule has 0 aliphatic carbocycles. The number of hydrogen-bond donors (Lipinski definition) is 1. The highest BCUT2D eigenvalue weighted by Gasteiger charge is 2.22. The van der Waals surface area contributed by atoms with E-state index in [1.165, 1.54) is 5.69 Å². The Morgan fingerprint density at radius 3 is 2.25 bits per heavy atom. The maximum Gasteiger partial charge on any atom is 0.109 e. The van der Waals surface area contributed by atoms with Gasteiger partial charge in [0.2, 0.25) is 0 Å². The molecule has 1 saturated heterocycles. The van der Waals surface area contributed by atoms with Crippen molar-refractivity contribution < 1.29 is 4.39 Å². The fourth-order valence-electron chi connectivity index (χ4n) is 2.89. The summed E-state index contributed by atoms with van der Waals surface area (Å²) in [6.07, 6.45) is 0. The molecule has 1 aromatic rings. The lowest BCUT2D eigenvalue weighted by atomic mass is 10.0. The molecule has 1 N–H and O–H groups in total. The second-order valence-corrected chi connectivity index (χ2v) is 5.22. The van der Waals surface area contributed by atoms with E-state index in [4.69, 9.17) is 0 Å². The molecule has 0 saturated carbocycles. The van der Waals surface area contributed by atoms with Crippen molar-refractivity contribution in [1.29, 1.82) is 0 Å². The lowest BCUT2D eigenvalue weighted by Gasteiger charge is -2.34. The van der Waals surface area contributed by atoms with Crippen molar-refractivity contribution in [2.24, 2.45) is 0 Å². The standard InChI is InChI=1S/C16H26FN3/c1-3-19(4-2)15-7-5-14(6-8-15)16(13-17)20-11-9-18-10-12-20/h5-8,16,18H,3-4,9-13H2,1-2H3/t16-/m1/s1. The first-order valence-electron chi connectivity index (χ1n) is 7.65. The second kappa shape index (κ2) is 7.60. The van der Waals surface area contributed by atoms with Gasteiger partial charge in [0, 0.05) is 45.0 Å². The van der Waals surface area contributed by atoms with Crippen molar-refractivity contribution in [3.63, 3.8) is 0 Å². The average Bonchev–Trinajstić information content (AvgIpc) is 2.52. The van der Waals surface area contributed by atoms with Crippen LogP contribution in [-0.2, 0) is 0 Å². The van der Waals surface area contributed by atoms with Crippen molar-refractivity contribution in [3.05, 3.63) is 29.8 Å². The number of nitrogens with one attached hydrogen (secondary N) is 1. The number of hydrogen-bond acceptors (Lipinski definition) is 3. The fraction of sp³-hybridized carbons (Fsp3) is 0.625. The van der Waals surface area contributed by atoms with Crippen LogP contribution in [0.15, 0.2) is 24.3 Å². The van der Waals surface area contributed by atoms with Crippen molar-refractivity contribution in [2.75, 3.05) is 50.8 Å². The topological polar surface area (TPSA) is 18.5 Å². The monoisotopic (exact) mass is 279 g/mol. The van der Waals surface area contributed by atoms with Crippen molar-refractivity contribution in [3.8, 4) is 0 Å². The summed E-state index contributed by atoms with van der Waals surface area (Å²) in [4.78, 5) is 4.54. The average molecular weight is 279 g/mol. The molecule has 112 valence electrons. The van der Waals surface area contributed by atoms with E-state index in [-0.39, 0.29) is 12.7 Å². The number of nitrogens with zero attached hydrogens (tertiary/aromatic N) is 2. The number of halogens is 1. The van der Waals surface area contributed by atoms with Gasteiger partial charge in [0.15, 0.2) is 0 Å². The van der Waals surface area contributed by atoms with E-state index in [0.29, 0.717) is 0 Å². The Labute approximate surface area is 121 Å². The molecule has 1 fully saturated rings. The normalized spacial score (nSPS) is 17.9. The van der Waals surface area contributed by atoms with Gasteiger partial charge in [-0.3, -0.25) is 4.90 Å². The Morgan fingerprint density at radius 2 is 1.75 bits per heavy atom. The number of anilines is 1. The maximum absolute atomic E-state index is 13.4. The van der Waals surface area contributed by atoms with Gasteiger partial charge in [0.25, 0.3) is 0 Å². The van der Waals surface area contributed by atoms with E-state index in [1.807, 2.05) is 0 Å². The summed E-state index contributed by atoms with van der Waals surface area (Å²) in [5.41, 5.74) is 2.31. The Bertz CT molecular complexity index is 383. The molecule has 3 nitrogen and oxygen atoms in total. The third kappa shape index (κ3) is 3.49. The summed E-state index contributed by atoms with van der Waals surface area (Å²) < 4.78 is 13.4. The van der Waals surface area contributed by atoms with Crippen LogP contribution in [0.4, 0.5) is 10.1 Å². The second-order valence-electron chi connectivity index (χ2n) is 5.22. The Balaban J connectivity index is 2.10. The van der Waals surface area contributed by atoms with Crippen LogP contribution in [-0.4, -0.2) is 50.8 Å². The van der Waals surface area contributed by atoms with Crippen LogP contribution in [0.3, 0.4) is 0 Å². The maximum atomic E-state index is 13.4. The van der Waals surface area contributed by atoms with E-state index < -0.39 is 0 Å². The van der Waals surface area contributed by atoms with Gasteiger partial charge in [0.1, 0.15) is 6.67 Å². The highest BCUT2D eigenvalue weighted by Crippen LogP contribution is 2.24. The summed E-state index contributed by atoms with van der Waals surface area (Å²) in [7, 11) is 0. The van der Waals surface area contributed by atoms with Crippen molar-refractivity contribution >= 4 is 5.69 Å². The quantitative estimate of drug-likeness (QED) is 0.863. The van der Waals surface area contributed by atoms with Crippen LogP contribution < -0.4 is 10.2 Å². The van der Waals surface area contributed by atoms with E-state index in [2.05, 4.69) is 53.2 Å². The zero-order chi connectivity index (χ0) is 14.4. The molecule has 0 spiro atoms. The lowest BCUT2D eigenvalue weighted by Crippen LogP contribution is -2.45. The molecule has 0 aromatic heterocycles. The molecule has 2 rings (SSSR count). The largest absolute Gasteiger partial charge is 0.372 e. The number of benzene rings is 1. The van der Waals surface area contributed by atoms with Gasteiger partial charge < -0.3 is 10.2 Å². The molecule has 0 amide bonds. The highest BCUT2D eigenvalue weighted by atomic mass is 19.1. The number of alkyl halides is 1. The summed E-state index contributed by atoms with van der Waals surface area (Å²) in [5, 5.41) is 3.31. The minimum absolute atomic E-state index is 0.0946. The smallest absolute Gasteiger partial charge is 0.109 e. The van der Waals surface area contributed by atoms with E-state index in [0.717, 1.165) is 44.8 Å². The lowest BCUT2D eigenvalue weighted by molar-refractivity contribution is 0.147. The summed E-state index contributed by atoms with van der Waals surface area (Å²) in [5.74, 6) is 0. The van der Waals surface area contributed by atoms with Gasteiger partial charge in [-0.2, -0.15) is 0 Å². The molecule has 1 aliphatic heterocycles. The molecule has 1 aromatic carbocycles. The molecule has 0 radical (unpaired) electrons. The van der Waals surface area contributed by atoms with Crippen LogP contribution >= 0.6 is 0 Å². The van der Waals surface area contributed by atoms with Gasteiger partial charge in [-0.05, 0) is 31.5 Å². The van der Waals surface area contributed by atoms with Crippen LogP contribution in [0, 0.1) is 0 Å². The molecule has 0 unspecified atom stereocenters. The molecule has 1 atom stereocenters. The Hall–Kier alpha value is -1.13. The third-order valence-corrected chi connectivity index (χ3v) is 4.14. The van der Waals surface area contributed by atoms with E-state index in [9.17, 15) is 4.39 Å². The van der Waals surface area contributed by atoms with Crippen LogP contribution in [0.2, 0.25) is 0 Å².